The summed E-state index contributed by atoms with van der Waals surface area (Å²) in [4.78, 5) is 22.6. The lowest BCUT2D eigenvalue weighted by atomic mass is 10.1. The number of hydrogen-bond acceptors (Lipinski definition) is 7. The summed E-state index contributed by atoms with van der Waals surface area (Å²) in [7, 11) is -3.75. The quantitative estimate of drug-likeness (QED) is 0.480. The monoisotopic (exact) mass is 448 g/mol. The summed E-state index contributed by atoms with van der Waals surface area (Å²) in [5.74, 6) is -0.518. The smallest absolute Gasteiger partial charge is 0.359 e. The number of amides is 1. The van der Waals surface area contributed by atoms with Crippen molar-refractivity contribution in [1.29, 1.82) is 0 Å². The predicted molar refractivity (Wildman–Crippen MR) is 92.2 cm³/mol. The molecule has 1 atom stereocenters. The number of aldehydes is 1. The van der Waals surface area contributed by atoms with Crippen molar-refractivity contribution in [3.63, 3.8) is 0 Å². The van der Waals surface area contributed by atoms with Crippen molar-refractivity contribution in [2.75, 3.05) is 7.05 Å². The van der Waals surface area contributed by atoms with Gasteiger partial charge >= 0.3 is 10.5 Å². The van der Waals surface area contributed by atoms with E-state index in [1.54, 1.807) is 6.07 Å². The minimum atomic E-state index is -5.24. The molecule has 1 unspecified atom stereocenters. The molecule has 0 bridgehead atoms. The van der Waals surface area contributed by atoms with Gasteiger partial charge in [0.15, 0.2) is 5.75 Å². The van der Waals surface area contributed by atoms with Gasteiger partial charge in [-0.3, -0.25) is 4.79 Å². The van der Waals surface area contributed by atoms with Crippen molar-refractivity contribution in [2.45, 2.75) is 18.9 Å². The molecule has 2 rings (SSSR count). The number of carbonyl (C=O) groups is 2. The highest BCUT2D eigenvalue weighted by atomic mass is 79.9. The molecule has 2 aromatic rings. The Morgan fingerprint density at radius 1 is 1.50 bits per heavy atom. The molecular weight excluding hydrogens is 435 g/mol. The van der Waals surface area contributed by atoms with Gasteiger partial charge in [0, 0.05) is 23.5 Å². The van der Waals surface area contributed by atoms with Gasteiger partial charge in [0.25, 0.3) is 0 Å². The van der Waals surface area contributed by atoms with Gasteiger partial charge in [-0.05, 0) is 24.6 Å². The van der Waals surface area contributed by atoms with Crippen molar-refractivity contribution < 1.29 is 26.1 Å². The third kappa shape index (κ3) is 5.33. The molecule has 0 fully saturated rings. The van der Waals surface area contributed by atoms with Gasteiger partial charge in [-0.15, -0.1) is 5.10 Å². The summed E-state index contributed by atoms with van der Waals surface area (Å²) >= 11 is 3.13. The van der Waals surface area contributed by atoms with Crippen LogP contribution in [0.3, 0.4) is 0 Å². The minimum absolute atomic E-state index is 0.113. The standard InChI is InChI=1S/C14H14BrFN4O5S/c1-17-14(22)5-3-10(8-21)20-7-12(18-19-20)11-4-2-9(15)6-13(11)25-26(16,23)24/h2,4,6-8,10H,3,5H2,1H3,(H,17,22). The molecule has 1 N–H and O–H groups in total. The van der Waals surface area contributed by atoms with Crippen LogP contribution in [0.1, 0.15) is 18.9 Å². The van der Waals surface area contributed by atoms with Crippen molar-refractivity contribution in [3.05, 3.63) is 28.9 Å². The van der Waals surface area contributed by atoms with E-state index < -0.39 is 16.5 Å². The molecular formula is C14H14BrFN4O5S. The van der Waals surface area contributed by atoms with Crippen LogP contribution in [0.4, 0.5) is 3.89 Å². The van der Waals surface area contributed by atoms with E-state index in [4.69, 9.17) is 0 Å². The molecule has 12 heteroatoms. The van der Waals surface area contributed by atoms with Gasteiger partial charge in [-0.1, -0.05) is 25.0 Å². The van der Waals surface area contributed by atoms with Crippen LogP contribution in [0.25, 0.3) is 11.3 Å². The maximum atomic E-state index is 12.9. The number of aromatic nitrogens is 3. The zero-order valence-corrected chi connectivity index (χ0v) is 15.8. The Morgan fingerprint density at radius 2 is 2.23 bits per heavy atom. The van der Waals surface area contributed by atoms with E-state index >= 15 is 0 Å². The maximum Gasteiger partial charge on any atom is 0.488 e. The number of hydrogen-bond donors (Lipinski definition) is 1. The van der Waals surface area contributed by atoms with E-state index in [0.717, 1.165) is 0 Å². The second-order valence-corrected chi connectivity index (χ2v) is 6.98. The Balaban J connectivity index is 2.31. The van der Waals surface area contributed by atoms with Crippen LogP contribution in [0.15, 0.2) is 28.9 Å². The van der Waals surface area contributed by atoms with Gasteiger partial charge in [0.2, 0.25) is 5.91 Å². The van der Waals surface area contributed by atoms with Crippen LogP contribution in [0, 0.1) is 0 Å². The van der Waals surface area contributed by atoms with E-state index in [0.29, 0.717) is 10.8 Å². The molecule has 1 amide bonds. The highest BCUT2D eigenvalue weighted by Crippen LogP contribution is 2.33. The summed E-state index contributed by atoms with van der Waals surface area (Å²) in [6.07, 6.45) is 2.31. The number of rotatable bonds is 8. The van der Waals surface area contributed by atoms with Gasteiger partial charge in [-0.25, -0.2) is 4.68 Å². The van der Waals surface area contributed by atoms with Crippen molar-refractivity contribution in [2.24, 2.45) is 0 Å². The molecule has 1 aromatic carbocycles. The molecule has 0 spiro atoms. The minimum Gasteiger partial charge on any atom is -0.359 e. The molecule has 0 aliphatic heterocycles. The first-order valence-corrected chi connectivity index (χ1v) is 9.35. The second kappa shape index (κ2) is 8.36. The van der Waals surface area contributed by atoms with E-state index in [2.05, 4.69) is 35.7 Å². The molecule has 0 saturated heterocycles. The first kappa shape index (κ1) is 20.0. The summed E-state index contributed by atoms with van der Waals surface area (Å²) in [5, 5.41) is 10.1. The number of benzene rings is 1. The van der Waals surface area contributed by atoms with Crippen LogP contribution in [0.5, 0.6) is 5.75 Å². The Kier molecular flexibility index (Phi) is 6.42. The molecule has 1 aromatic heterocycles. The van der Waals surface area contributed by atoms with Crippen molar-refractivity contribution >= 4 is 38.6 Å². The Bertz CT molecular complexity index is 918. The van der Waals surface area contributed by atoms with Gasteiger partial charge in [-0.2, -0.15) is 8.42 Å². The van der Waals surface area contributed by atoms with Gasteiger partial charge in [0.05, 0.1) is 6.20 Å². The maximum absolute atomic E-state index is 12.9. The first-order chi connectivity index (χ1) is 12.2. The summed E-state index contributed by atoms with van der Waals surface area (Å²) < 4.78 is 40.5. The fraction of sp³-hybridized carbons (Fsp3) is 0.286. The van der Waals surface area contributed by atoms with E-state index in [1.807, 2.05) is 0 Å². The van der Waals surface area contributed by atoms with Gasteiger partial charge in [0.1, 0.15) is 18.0 Å². The summed E-state index contributed by atoms with van der Waals surface area (Å²) in [5.41, 5.74) is 0.333. The Hall–Kier alpha value is -2.34. The number of nitrogens with one attached hydrogen (secondary N) is 1. The lowest BCUT2D eigenvalue weighted by molar-refractivity contribution is -0.121. The highest BCUT2D eigenvalue weighted by molar-refractivity contribution is 9.10. The third-order valence-electron chi connectivity index (χ3n) is 3.36. The van der Waals surface area contributed by atoms with E-state index in [-0.39, 0.29) is 35.8 Å². The zero-order valence-electron chi connectivity index (χ0n) is 13.4. The van der Waals surface area contributed by atoms with Gasteiger partial charge < -0.3 is 14.3 Å². The van der Waals surface area contributed by atoms with Crippen LogP contribution >= 0.6 is 15.9 Å². The largest absolute Gasteiger partial charge is 0.488 e. The van der Waals surface area contributed by atoms with Crippen molar-refractivity contribution in [1.82, 2.24) is 20.3 Å². The fourth-order valence-electron chi connectivity index (χ4n) is 2.11. The molecule has 26 heavy (non-hydrogen) atoms. The average Bonchev–Trinajstić information content (AvgIpc) is 3.03. The van der Waals surface area contributed by atoms with E-state index in [1.165, 1.54) is 30.1 Å². The average molecular weight is 449 g/mol. The molecule has 0 aliphatic rings. The summed E-state index contributed by atoms with van der Waals surface area (Å²) in [6.45, 7) is 0. The first-order valence-electron chi connectivity index (χ1n) is 7.25. The molecule has 0 aliphatic carbocycles. The molecule has 9 nitrogen and oxygen atoms in total. The fourth-order valence-corrected chi connectivity index (χ4v) is 2.81. The summed E-state index contributed by atoms with van der Waals surface area (Å²) in [6, 6.07) is 3.56. The SMILES string of the molecule is CNC(=O)CCC(C=O)n1cc(-c2ccc(Br)cc2OS(=O)(=O)F)nn1. The molecule has 1 heterocycles. The zero-order chi connectivity index (χ0) is 19.3. The topological polar surface area (TPSA) is 120 Å². The lowest BCUT2D eigenvalue weighted by Crippen LogP contribution is -2.20. The Morgan fingerprint density at radius 3 is 2.85 bits per heavy atom. The second-order valence-electron chi connectivity index (χ2n) is 5.12. The lowest BCUT2D eigenvalue weighted by Gasteiger charge is -2.09. The molecule has 0 radical (unpaired) electrons. The predicted octanol–water partition coefficient (Wildman–Crippen LogP) is 1.57. The van der Waals surface area contributed by atoms with Crippen molar-refractivity contribution in [3.8, 4) is 17.0 Å². The number of halogens is 2. The van der Waals surface area contributed by atoms with Crippen LogP contribution in [-0.4, -0.2) is 42.7 Å². The highest BCUT2D eigenvalue weighted by Gasteiger charge is 2.19. The third-order valence-corrected chi connectivity index (χ3v) is 4.23. The van der Waals surface area contributed by atoms with Crippen LogP contribution in [0.2, 0.25) is 0 Å². The molecule has 0 saturated carbocycles. The van der Waals surface area contributed by atoms with Crippen LogP contribution < -0.4 is 9.50 Å². The Labute approximate surface area is 157 Å². The van der Waals surface area contributed by atoms with Crippen LogP contribution in [-0.2, 0) is 20.1 Å². The number of carbonyl (C=O) groups excluding carboxylic acids is 2. The van der Waals surface area contributed by atoms with E-state index in [9.17, 15) is 21.9 Å². The number of nitrogens with zero attached hydrogens (tertiary/aromatic N) is 3. The molecule has 140 valence electrons. The normalized spacial score (nSPS) is 12.4.